The molecule has 9 nitrogen and oxygen atoms in total. The van der Waals surface area contributed by atoms with Crippen LogP contribution in [0, 0.1) is 5.82 Å². The third-order valence-corrected chi connectivity index (χ3v) is 7.17. The summed E-state index contributed by atoms with van der Waals surface area (Å²) in [6.07, 6.45) is 2.24. The summed E-state index contributed by atoms with van der Waals surface area (Å²) in [6, 6.07) is 8.30. The number of amides is 2. The Morgan fingerprint density at radius 2 is 2.00 bits per heavy atom. The van der Waals surface area contributed by atoms with E-state index in [-0.39, 0.29) is 16.6 Å². The summed E-state index contributed by atoms with van der Waals surface area (Å²) in [6.45, 7) is 2.75. The number of carbonyl (C=O) groups is 2. The number of hydrogen-bond acceptors (Lipinski definition) is 7. The fourth-order valence-electron chi connectivity index (χ4n) is 4.68. The van der Waals surface area contributed by atoms with E-state index in [1.165, 1.54) is 19.3 Å². The van der Waals surface area contributed by atoms with Gasteiger partial charge in [0.05, 0.1) is 23.3 Å². The van der Waals surface area contributed by atoms with Crippen LogP contribution >= 0.6 is 11.6 Å². The molecule has 36 heavy (non-hydrogen) atoms. The first-order valence-electron chi connectivity index (χ1n) is 11.5. The number of primary amides is 1. The lowest BCUT2D eigenvalue weighted by atomic mass is 9.84. The zero-order valence-corrected chi connectivity index (χ0v) is 21.1. The van der Waals surface area contributed by atoms with Gasteiger partial charge in [-0.1, -0.05) is 17.7 Å². The number of likely N-dealkylation sites (N-methyl/N-ethyl adjacent to an activating group) is 1. The summed E-state index contributed by atoms with van der Waals surface area (Å²) in [7, 11) is 3.39. The van der Waals surface area contributed by atoms with Crippen molar-refractivity contribution in [3.05, 3.63) is 53.1 Å². The van der Waals surface area contributed by atoms with E-state index in [4.69, 9.17) is 22.1 Å². The van der Waals surface area contributed by atoms with Gasteiger partial charge in [0.2, 0.25) is 11.8 Å². The zero-order valence-electron chi connectivity index (χ0n) is 20.3. The number of halogens is 2. The molecule has 1 aliphatic rings. The predicted molar refractivity (Wildman–Crippen MR) is 136 cm³/mol. The Hall–Kier alpha value is -3.50. The molecule has 0 radical (unpaired) electrons. The van der Waals surface area contributed by atoms with Gasteiger partial charge < -0.3 is 20.7 Å². The number of ether oxygens (including phenoxy) is 1. The normalized spacial score (nSPS) is 15.2. The molecule has 1 fully saturated rings. The fraction of sp³-hybridized carbons (Fsp3) is 0.360. The van der Waals surface area contributed by atoms with Crippen molar-refractivity contribution in [2.75, 3.05) is 32.6 Å². The van der Waals surface area contributed by atoms with Crippen LogP contribution < -0.4 is 15.8 Å². The van der Waals surface area contributed by atoms with Gasteiger partial charge >= 0.3 is 0 Å². The number of hydrogen-bond donors (Lipinski definition) is 2. The second-order valence-electron chi connectivity index (χ2n) is 8.89. The van der Waals surface area contributed by atoms with E-state index < -0.39 is 17.3 Å². The lowest BCUT2D eigenvalue weighted by Gasteiger charge is -2.45. The number of nitrogens with one attached hydrogen (secondary N) is 1. The molecule has 0 saturated carbocycles. The quantitative estimate of drug-likeness (QED) is 0.496. The molecule has 2 heterocycles. The number of piperidine rings is 1. The second-order valence-corrected chi connectivity index (χ2v) is 9.30. The van der Waals surface area contributed by atoms with Crippen LogP contribution in [0.15, 0.2) is 36.7 Å². The Balaban J connectivity index is 1.69. The lowest BCUT2D eigenvalue weighted by molar-refractivity contribution is -0.139. The number of nitrogens with two attached hydrogens (primary N) is 1. The van der Waals surface area contributed by atoms with Crippen LogP contribution in [0.2, 0.25) is 5.02 Å². The Morgan fingerprint density at radius 3 is 2.64 bits per heavy atom. The summed E-state index contributed by atoms with van der Waals surface area (Å²) in [4.78, 5) is 36.7. The van der Waals surface area contributed by atoms with Crippen molar-refractivity contribution in [1.29, 1.82) is 0 Å². The molecule has 190 valence electrons. The summed E-state index contributed by atoms with van der Waals surface area (Å²) in [5.74, 6) is -0.0706. The molecule has 1 aromatic heterocycles. The van der Waals surface area contributed by atoms with Crippen LogP contribution in [-0.2, 0) is 16.1 Å². The molecule has 1 aliphatic heterocycles. The number of fused-ring (bicyclic) bond motifs is 1. The van der Waals surface area contributed by atoms with Gasteiger partial charge in [-0.25, -0.2) is 14.4 Å². The van der Waals surface area contributed by atoms with Gasteiger partial charge in [0.1, 0.15) is 23.4 Å². The molecule has 3 N–H and O–H groups in total. The van der Waals surface area contributed by atoms with Gasteiger partial charge in [-0.05, 0) is 38.1 Å². The number of rotatable bonds is 7. The first-order valence-corrected chi connectivity index (χ1v) is 11.8. The van der Waals surface area contributed by atoms with Crippen LogP contribution in [0.4, 0.5) is 15.9 Å². The maximum absolute atomic E-state index is 14.5. The number of methoxy groups -OCH3 is 1. The monoisotopic (exact) mass is 514 g/mol. The molecule has 2 amide bonds. The zero-order chi connectivity index (χ0) is 26.0. The van der Waals surface area contributed by atoms with E-state index in [1.54, 1.807) is 30.2 Å². The maximum atomic E-state index is 14.5. The highest BCUT2D eigenvalue weighted by atomic mass is 35.5. The number of carbonyl (C=O) groups excluding carboxylic acids is 2. The van der Waals surface area contributed by atoms with Crippen LogP contribution in [0.3, 0.4) is 0 Å². The number of aromatic nitrogens is 2. The van der Waals surface area contributed by atoms with E-state index >= 15 is 0 Å². The molecular formula is C25H28ClFN6O3. The van der Waals surface area contributed by atoms with E-state index in [1.807, 2.05) is 18.0 Å². The maximum Gasteiger partial charge on any atom is 0.238 e. The van der Waals surface area contributed by atoms with Gasteiger partial charge in [0.15, 0.2) is 5.82 Å². The van der Waals surface area contributed by atoms with Crippen molar-refractivity contribution < 1.29 is 18.7 Å². The minimum absolute atomic E-state index is 0.00471. The molecular weight excluding hydrogens is 487 g/mol. The van der Waals surface area contributed by atoms with Crippen LogP contribution in [0.5, 0.6) is 5.75 Å². The Labute approximate surface area is 213 Å². The summed E-state index contributed by atoms with van der Waals surface area (Å²) >= 11 is 5.93. The minimum atomic E-state index is -0.913. The average molecular weight is 515 g/mol. The highest BCUT2D eigenvalue weighted by Crippen LogP contribution is 2.35. The molecule has 11 heteroatoms. The average Bonchev–Trinajstić information content (AvgIpc) is 2.86. The fourth-order valence-corrected chi connectivity index (χ4v) is 4.86. The molecule has 0 bridgehead atoms. The third kappa shape index (κ3) is 4.78. The van der Waals surface area contributed by atoms with Gasteiger partial charge in [-0.2, -0.15) is 0 Å². The summed E-state index contributed by atoms with van der Waals surface area (Å²) in [5, 5.41) is 3.64. The molecule has 0 atom stereocenters. The number of nitrogens with zero attached hydrogens (tertiary/aromatic N) is 4. The van der Waals surface area contributed by atoms with Crippen LogP contribution in [0.1, 0.15) is 25.3 Å². The summed E-state index contributed by atoms with van der Waals surface area (Å²) in [5.41, 5.74) is 6.52. The number of anilines is 2. The molecule has 0 spiro atoms. The first-order chi connectivity index (χ1) is 17.2. The highest BCUT2D eigenvalue weighted by molar-refractivity contribution is 6.31. The first kappa shape index (κ1) is 25.6. The minimum Gasteiger partial charge on any atom is -0.496 e. The predicted octanol–water partition coefficient (Wildman–Crippen LogP) is 3.47. The van der Waals surface area contributed by atoms with E-state index in [2.05, 4.69) is 15.3 Å². The van der Waals surface area contributed by atoms with Crippen LogP contribution in [-0.4, -0.2) is 64.4 Å². The van der Waals surface area contributed by atoms with Crippen molar-refractivity contribution in [3.8, 4) is 5.75 Å². The lowest BCUT2D eigenvalue weighted by Crippen LogP contribution is -2.61. The third-order valence-electron chi connectivity index (χ3n) is 6.87. The van der Waals surface area contributed by atoms with E-state index in [9.17, 15) is 14.0 Å². The smallest absolute Gasteiger partial charge is 0.238 e. The van der Waals surface area contributed by atoms with Crippen molar-refractivity contribution in [2.45, 2.75) is 31.8 Å². The number of likely N-dealkylation sites (tertiary alicyclic amines) is 1. The highest BCUT2D eigenvalue weighted by Gasteiger charge is 2.44. The molecule has 2 aromatic carbocycles. The second kappa shape index (κ2) is 10.2. The summed E-state index contributed by atoms with van der Waals surface area (Å²) < 4.78 is 20.1. The van der Waals surface area contributed by atoms with Crippen molar-refractivity contribution in [1.82, 2.24) is 19.8 Å². The Morgan fingerprint density at radius 1 is 1.28 bits per heavy atom. The Kier molecular flexibility index (Phi) is 7.28. The van der Waals surface area contributed by atoms with Gasteiger partial charge in [0, 0.05) is 43.6 Å². The Bertz CT molecular complexity index is 1310. The van der Waals surface area contributed by atoms with Crippen molar-refractivity contribution >= 4 is 45.8 Å². The molecule has 4 rings (SSSR count). The van der Waals surface area contributed by atoms with Crippen LogP contribution in [0.25, 0.3) is 10.9 Å². The van der Waals surface area contributed by atoms with E-state index in [0.29, 0.717) is 54.9 Å². The topological polar surface area (TPSA) is 114 Å². The van der Waals surface area contributed by atoms with Gasteiger partial charge in [0.25, 0.3) is 0 Å². The van der Waals surface area contributed by atoms with E-state index in [0.717, 1.165) is 5.56 Å². The van der Waals surface area contributed by atoms with Crippen molar-refractivity contribution in [2.24, 2.45) is 5.73 Å². The SMILES string of the molecule is COc1cc2ncnc(Nc3cccc(Cl)c3F)c2cc1CN(C)C1(C(N)=O)CCN(C(C)=O)CC1. The largest absolute Gasteiger partial charge is 0.496 e. The standard InChI is InChI=1S/C25H28ClFN6O3/c1-15(34)33-9-7-25(8-10-33,24(28)35)32(2)13-16-11-17-20(12-21(16)36-3)29-14-30-23(17)31-19-6-4-5-18(26)22(19)27/h4-6,11-12,14H,7-10,13H2,1-3H3,(H2,28,35)(H,29,30,31). The molecule has 1 saturated heterocycles. The molecule has 3 aromatic rings. The van der Waals surface area contributed by atoms with Gasteiger partial charge in [-0.3, -0.25) is 14.5 Å². The number of benzene rings is 2. The van der Waals surface area contributed by atoms with Gasteiger partial charge in [-0.15, -0.1) is 0 Å². The molecule has 0 unspecified atom stereocenters. The molecule has 0 aliphatic carbocycles. The van der Waals surface area contributed by atoms with Crippen molar-refractivity contribution in [3.63, 3.8) is 0 Å².